The van der Waals surface area contributed by atoms with Gasteiger partial charge in [-0.15, -0.1) is 24.0 Å². The molecule has 1 aromatic rings. The van der Waals surface area contributed by atoms with Crippen LogP contribution in [-0.2, 0) is 5.88 Å². The fourth-order valence-corrected chi connectivity index (χ4v) is 1.09. The molecule has 0 aliphatic rings. The summed E-state index contributed by atoms with van der Waals surface area (Å²) in [5.41, 5.74) is 3.18. The minimum Gasteiger partial charge on any atom is -0.257 e. The molecule has 0 saturated heterocycles. The SMILES string of the molecule is Cc1ccc(C)c(CCl)n1.Cl. The molecule has 3 heteroatoms. The van der Waals surface area contributed by atoms with Gasteiger partial charge >= 0.3 is 0 Å². The molecule has 0 unspecified atom stereocenters. The number of hydrogen-bond donors (Lipinski definition) is 0. The van der Waals surface area contributed by atoms with Crippen molar-refractivity contribution in [1.82, 2.24) is 4.98 Å². The number of pyridine rings is 1. The van der Waals surface area contributed by atoms with Crippen molar-refractivity contribution in [2.45, 2.75) is 19.7 Å². The molecule has 0 fully saturated rings. The molecule has 0 radical (unpaired) electrons. The van der Waals surface area contributed by atoms with Crippen LogP contribution in [0.25, 0.3) is 0 Å². The maximum absolute atomic E-state index is 5.64. The minimum absolute atomic E-state index is 0. The van der Waals surface area contributed by atoms with Crippen LogP contribution in [0.15, 0.2) is 12.1 Å². The third-order valence-corrected chi connectivity index (χ3v) is 1.72. The number of nitrogens with zero attached hydrogens (tertiary/aromatic N) is 1. The predicted octanol–water partition coefficient (Wildman–Crippen LogP) is 2.86. The monoisotopic (exact) mass is 191 g/mol. The summed E-state index contributed by atoms with van der Waals surface area (Å²) < 4.78 is 0. The Kier molecular flexibility index (Phi) is 4.46. The fourth-order valence-electron chi connectivity index (χ4n) is 0.815. The lowest BCUT2D eigenvalue weighted by Gasteiger charge is -2.00. The Morgan fingerprint density at radius 1 is 1.36 bits per heavy atom. The first-order chi connectivity index (χ1) is 4.74. The summed E-state index contributed by atoms with van der Waals surface area (Å²) in [6.45, 7) is 3.99. The van der Waals surface area contributed by atoms with Crippen LogP contribution in [0.3, 0.4) is 0 Å². The van der Waals surface area contributed by atoms with Crippen molar-refractivity contribution in [3.05, 3.63) is 29.1 Å². The molecule has 11 heavy (non-hydrogen) atoms. The number of hydrogen-bond acceptors (Lipinski definition) is 1. The van der Waals surface area contributed by atoms with Gasteiger partial charge in [-0.1, -0.05) is 6.07 Å². The van der Waals surface area contributed by atoms with Gasteiger partial charge in [0.15, 0.2) is 0 Å². The lowest BCUT2D eigenvalue weighted by molar-refractivity contribution is 1.07. The summed E-state index contributed by atoms with van der Waals surface area (Å²) in [4.78, 5) is 4.26. The smallest absolute Gasteiger partial charge is 0.0650 e. The maximum Gasteiger partial charge on any atom is 0.0650 e. The van der Waals surface area contributed by atoms with Crippen molar-refractivity contribution in [2.75, 3.05) is 0 Å². The van der Waals surface area contributed by atoms with Crippen LogP contribution in [0.5, 0.6) is 0 Å². The number of halogens is 2. The number of alkyl halides is 1. The molecular formula is C8H11Cl2N. The Morgan fingerprint density at radius 2 is 2.00 bits per heavy atom. The van der Waals surface area contributed by atoms with E-state index in [9.17, 15) is 0 Å². The van der Waals surface area contributed by atoms with Crippen molar-refractivity contribution in [1.29, 1.82) is 0 Å². The third kappa shape index (κ3) is 2.68. The van der Waals surface area contributed by atoms with Gasteiger partial charge in [0.1, 0.15) is 0 Å². The first-order valence-electron chi connectivity index (χ1n) is 3.23. The van der Waals surface area contributed by atoms with Crippen LogP contribution in [0.1, 0.15) is 17.0 Å². The summed E-state index contributed by atoms with van der Waals surface area (Å²) in [5, 5.41) is 0. The number of rotatable bonds is 1. The van der Waals surface area contributed by atoms with Crippen LogP contribution < -0.4 is 0 Å². The van der Waals surface area contributed by atoms with Gasteiger partial charge in [-0.25, -0.2) is 0 Å². The van der Waals surface area contributed by atoms with E-state index in [-0.39, 0.29) is 12.4 Å². The summed E-state index contributed by atoms with van der Waals surface area (Å²) in [7, 11) is 0. The molecule has 1 rings (SSSR count). The Hall–Kier alpha value is -0.270. The van der Waals surface area contributed by atoms with Crippen molar-refractivity contribution in [2.24, 2.45) is 0 Å². The Balaban J connectivity index is 0.000001000. The van der Waals surface area contributed by atoms with E-state index in [1.807, 2.05) is 26.0 Å². The molecule has 1 nitrogen and oxygen atoms in total. The topological polar surface area (TPSA) is 12.9 Å². The molecule has 0 atom stereocenters. The Labute approximate surface area is 78.2 Å². The highest BCUT2D eigenvalue weighted by Crippen LogP contribution is 2.07. The van der Waals surface area contributed by atoms with E-state index in [4.69, 9.17) is 11.6 Å². The van der Waals surface area contributed by atoms with Crippen molar-refractivity contribution in [3.63, 3.8) is 0 Å². The van der Waals surface area contributed by atoms with Gasteiger partial charge in [0.05, 0.1) is 11.6 Å². The average Bonchev–Trinajstić information content (AvgIpc) is 1.94. The lowest BCUT2D eigenvalue weighted by Crippen LogP contribution is -1.91. The normalized spacial score (nSPS) is 9.00. The molecule has 62 valence electrons. The second-order valence-electron chi connectivity index (χ2n) is 2.35. The van der Waals surface area contributed by atoms with Crippen molar-refractivity contribution < 1.29 is 0 Å². The molecule has 1 heterocycles. The molecule has 0 aromatic carbocycles. The molecule has 0 amide bonds. The summed E-state index contributed by atoms with van der Waals surface area (Å²) >= 11 is 5.64. The van der Waals surface area contributed by atoms with Crippen LogP contribution in [0.4, 0.5) is 0 Å². The largest absolute Gasteiger partial charge is 0.257 e. The van der Waals surface area contributed by atoms with Gasteiger partial charge in [-0.2, -0.15) is 0 Å². The molecule has 0 spiro atoms. The maximum atomic E-state index is 5.64. The Bertz CT molecular complexity index is 236. The van der Waals surface area contributed by atoms with E-state index < -0.39 is 0 Å². The highest BCUT2D eigenvalue weighted by atomic mass is 35.5. The van der Waals surface area contributed by atoms with Gasteiger partial charge < -0.3 is 0 Å². The molecule has 1 aromatic heterocycles. The zero-order valence-corrected chi connectivity index (χ0v) is 8.17. The highest BCUT2D eigenvalue weighted by molar-refractivity contribution is 6.16. The molecule has 0 saturated carbocycles. The van der Waals surface area contributed by atoms with Gasteiger partial charge in [0.2, 0.25) is 0 Å². The first kappa shape index (κ1) is 10.7. The summed E-state index contributed by atoms with van der Waals surface area (Å²) in [6, 6.07) is 4.03. The number of aryl methyl sites for hydroxylation is 2. The van der Waals surface area contributed by atoms with Gasteiger partial charge in [-0.05, 0) is 25.5 Å². The molecular weight excluding hydrogens is 181 g/mol. The van der Waals surface area contributed by atoms with Crippen molar-refractivity contribution >= 4 is 24.0 Å². The van der Waals surface area contributed by atoms with Crippen LogP contribution in [-0.4, -0.2) is 4.98 Å². The van der Waals surface area contributed by atoms with Crippen molar-refractivity contribution in [3.8, 4) is 0 Å². The minimum atomic E-state index is 0. The fraction of sp³-hybridized carbons (Fsp3) is 0.375. The number of aromatic nitrogens is 1. The van der Waals surface area contributed by atoms with Crippen LogP contribution in [0, 0.1) is 13.8 Å². The van der Waals surface area contributed by atoms with E-state index >= 15 is 0 Å². The zero-order valence-electron chi connectivity index (χ0n) is 6.60. The Morgan fingerprint density at radius 3 is 2.45 bits per heavy atom. The van der Waals surface area contributed by atoms with Crippen LogP contribution >= 0.6 is 24.0 Å². The molecule has 0 bridgehead atoms. The third-order valence-electron chi connectivity index (χ3n) is 1.47. The van der Waals surface area contributed by atoms with E-state index in [1.165, 1.54) is 5.56 Å². The average molecular weight is 192 g/mol. The van der Waals surface area contributed by atoms with E-state index in [0.29, 0.717) is 5.88 Å². The van der Waals surface area contributed by atoms with Gasteiger partial charge in [0, 0.05) is 5.69 Å². The van der Waals surface area contributed by atoms with Crippen LogP contribution in [0.2, 0.25) is 0 Å². The van der Waals surface area contributed by atoms with E-state index in [1.54, 1.807) is 0 Å². The second kappa shape index (κ2) is 4.58. The molecule has 0 aliphatic heterocycles. The van der Waals surface area contributed by atoms with E-state index in [0.717, 1.165) is 11.4 Å². The van der Waals surface area contributed by atoms with Gasteiger partial charge in [-0.3, -0.25) is 4.98 Å². The lowest BCUT2D eigenvalue weighted by atomic mass is 10.2. The summed E-state index contributed by atoms with van der Waals surface area (Å²) in [6.07, 6.45) is 0. The highest BCUT2D eigenvalue weighted by Gasteiger charge is 1.96. The molecule has 0 aliphatic carbocycles. The standard InChI is InChI=1S/C8H10ClN.ClH/c1-6-3-4-7(2)10-8(6)5-9;/h3-4H,5H2,1-2H3;1H. The quantitative estimate of drug-likeness (QED) is 0.623. The first-order valence-corrected chi connectivity index (χ1v) is 3.76. The van der Waals surface area contributed by atoms with E-state index in [2.05, 4.69) is 4.98 Å². The van der Waals surface area contributed by atoms with Gasteiger partial charge in [0.25, 0.3) is 0 Å². The zero-order chi connectivity index (χ0) is 7.56. The molecule has 0 N–H and O–H groups in total. The summed E-state index contributed by atoms with van der Waals surface area (Å²) in [5.74, 6) is 0.507. The second-order valence-corrected chi connectivity index (χ2v) is 2.62. The predicted molar refractivity (Wildman–Crippen MR) is 50.5 cm³/mol.